The van der Waals surface area contributed by atoms with Crippen molar-refractivity contribution in [3.63, 3.8) is 0 Å². The summed E-state index contributed by atoms with van der Waals surface area (Å²) in [4.78, 5) is 13.2. The molecule has 0 spiro atoms. The second-order valence-corrected chi connectivity index (χ2v) is 5.94. The molecule has 0 aliphatic rings. The van der Waals surface area contributed by atoms with E-state index in [0.717, 1.165) is 28.6 Å². The van der Waals surface area contributed by atoms with Crippen molar-refractivity contribution in [2.75, 3.05) is 11.9 Å². The summed E-state index contributed by atoms with van der Waals surface area (Å²) in [6.45, 7) is 0.704. The Hall–Kier alpha value is -3.34. The van der Waals surface area contributed by atoms with Gasteiger partial charge in [-0.05, 0) is 35.9 Å². The zero-order chi connectivity index (χ0) is 17.8. The van der Waals surface area contributed by atoms with Gasteiger partial charge >= 0.3 is 0 Å². The predicted molar refractivity (Wildman–Crippen MR) is 101 cm³/mol. The van der Waals surface area contributed by atoms with Crippen molar-refractivity contribution in [3.05, 3.63) is 84.6 Å². The van der Waals surface area contributed by atoms with Crippen LogP contribution in [-0.4, -0.2) is 21.5 Å². The van der Waals surface area contributed by atoms with Crippen LogP contribution in [0.1, 0.15) is 5.69 Å². The number of rotatable bonds is 5. The Morgan fingerprint density at radius 1 is 0.923 bits per heavy atom. The Labute approximate surface area is 150 Å². The minimum absolute atomic E-state index is 0.236. The van der Waals surface area contributed by atoms with Crippen LogP contribution in [0.4, 0.5) is 10.3 Å². The SMILES string of the molecule is Fc1ccccc1-c1ccc2nc(NCCc3ccccn3)ncc2c1. The van der Waals surface area contributed by atoms with Crippen LogP contribution >= 0.6 is 0 Å². The van der Waals surface area contributed by atoms with Crippen LogP contribution < -0.4 is 5.32 Å². The smallest absolute Gasteiger partial charge is 0.223 e. The first kappa shape index (κ1) is 16.1. The zero-order valence-corrected chi connectivity index (χ0v) is 14.1. The summed E-state index contributed by atoms with van der Waals surface area (Å²) in [5.41, 5.74) is 3.23. The van der Waals surface area contributed by atoms with E-state index in [9.17, 15) is 4.39 Å². The van der Waals surface area contributed by atoms with Gasteiger partial charge in [0.05, 0.1) is 5.52 Å². The lowest BCUT2D eigenvalue weighted by atomic mass is 10.0. The van der Waals surface area contributed by atoms with E-state index < -0.39 is 0 Å². The number of aromatic nitrogens is 3. The number of pyridine rings is 1. The second kappa shape index (κ2) is 7.27. The number of benzene rings is 2. The summed E-state index contributed by atoms with van der Waals surface area (Å²) in [5.74, 6) is 0.340. The molecule has 5 heteroatoms. The third-order valence-corrected chi connectivity index (χ3v) is 4.16. The Morgan fingerprint density at radius 2 is 1.81 bits per heavy atom. The number of anilines is 1. The van der Waals surface area contributed by atoms with Crippen molar-refractivity contribution in [1.29, 1.82) is 0 Å². The first-order chi connectivity index (χ1) is 12.8. The molecule has 0 unspecified atom stereocenters. The molecule has 0 saturated heterocycles. The van der Waals surface area contributed by atoms with Crippen LogP contribution in [0.25, 0.3) is 22.0 Å². The van der Waals surface area contributed by atoms with Gasteiger partial charge in [0, 0.05) is 42.0 Å². The highest BCUT2D eigenvalue weighted by Crippen LogP contribution is 2.25. The Balaban J connectivity index is 1.51. The van der Waals surface area contributed by atoms with Crippen LogP contribution in [0.2, 0.25) is 0 Å². The monoisotopic (exact) mass is 344 g/mol. The molecule has 0 radical (unpaired) electrons. The van der Waals surface area contributed by atoms with Crippen LogP contribution in [0, 0.1) is 5.82 Å². The summed E-state index contributed by atoms with van der Waals surface area (Å²) in [6.07, 6.45) is 4.35. The number of halogens is 1. The molecular weight excluding hydrogens is 327 g/mol. The van der Waals surface area contributed by atoms with Crippen molar-refractivity contribution in [3.8, 4) is 11.1 Å². The highest BCUT2D eigenvalue weighted by Gasteiger charge is 2.06. The molecular formula is C21H17FN4. The summed E-state index contributed by atoms with van der Waals surface area (Å²) in [7, 11) is 0. The molecule has 4 nitrogen and oxygen atoms in total. The topological polar surface area (TPSA) is 50.7 Å². The molecule has 0 saturated carbocycles. The van der Waals surface area contributed by atoms with Crippen molar-refractivity contribution >= 4 is 16.9 Å². The van der Waals surface area contributed by atoms with Crippen molar-refractivity contribution in [2.45, 2.75) is 6.42 Å². The van der Waals surface area contributed by atoms with Gasteiger partial charge in [-0.25, -0.2) is 14.4 Å². The first-order valence-electron chi connectivity index (χ1n) is 8.45. The van der Waals surface area contributed by atoms with E-state index >= 15 is 0 Å². The molecule has 2 aromatic carbocycles. The van der Waals surface area contributed by atoms with E-state index in [0.29, 0.717) is 18.1 Å². The molecule has 4 rings (SSSR count). The Bertz CT molecular complexity index is 1030. The van der Waals surface area contributed by atoms with E-state index in [4.69, 9.17) is 0 Å². The van der Waals surface area contributed by atoms with Gasteiger partial charge in [-0.3, -0.25) is 4.98 Å². The maximum absolute atomic E-state index is 14.0. The maximum atomic E-state index is 14.0. The molecule has 0 fully saturated rings. The Morgan fingerprint density at radius 3 is 2.65 bits per heavy atom. The molecule has 0 amide bonds. The third-order valence-electron chi connectivity index (χ3n) is 4.16. The summed E-state index contributed by atoms with van der Waals surface area (Å²) >= 11 is 0. The largest absolute Gasteiger partial charge is 0.354 e. The van der Waals surface area contributed by atoms with Gasteiger partial charge in [0.15, 0.2) is 0 Å². The lowest BCUT2D eigenvalue weighted by Crippen LogP contribution is -2.08. The van der Waals surface area contributed by atoms with Crippen molar-refractivity contribution < 1.29 is 4.39 Å². The van der Waals surface area contributed by atoms with Crippen LogP contribution in [0.15, 0.2) is 73.1 Å². The normalized spacial score (nSPS) is 10.8. The van der Waals surface area contributed by atoms with Crippen LogP contribution in [0.5, 0.6) is 0 Å². The Kier molecular flexibility index (Phi) is 4.51. The van der Waals surface area contributed by atoms with E-state index in [1.54, 1.807) is 24.5 Å². The highest BCUT2D eigenvalue weighted by atomic mass is 19.1. The summed E-state index contributed by atoms with van der Waals surface area (Å²) in [5, 5.41) is 4.09. The number of nitrogens with one attached hydrogen (secondary N) is 1. The van der Waals surface area contributed by atoms with Gasteiger partial charge in [0.1, 0.15) is 5.82 Å². The molecule has 0 aliphatic heterocycles. The van der Waals surface area contributed by atoms with Crippen LogP contribution in [-0.2, 0) is 6.42 Å². The quantitative estimate of drug-likeness (QED) is 0.580. The summed E-state index contributed by atoms with van der Waals surface area (Å²) in [6, 6.07) is 18.3. The van der Waals surface area contributed by atoms with Gasteiger partial charge < -0.3 is 5.32 Å². The number of hydrogen-bond donors (Lipinski definition) is 1. The zero-order valence-electron chi connectivity index (χ0n) is 14.1. The molecule has 4 aromatic rings. The molecule has 1 N–H and O–H groups in total. The molecule has 128 valence electrons. The molecule has 2 heterocycles. The van der Waals surface area contributed by atoms with Gasteiger partial charge in [-0.1, -0.05) is 30.3 Å². The van der Waals surface area contributed by atoms with Crippen molar-refractivity contribution in [1.82, 2.24) is 15.0 Å². The minimum atomic E-state index is -0.236. The number of hydrogen-bond acceptors (Lipinski definition) is 4. The average Bonchev–Trinajstić information content (AvgIpc) is 2.69. The third kappa shape index (κ3) is 3.52. The molecule has 0 aliphatic carbocycles. The lowest BCUT2D eigenvalue weighted by Gasteiger charge is -2.07. The van der Waals surface area contributed by atoms with Gasteiger partial charge in [-0.15, -0.1) is 0 Å². The van der Waals surface area contributed by atoms with Gasteiger partial charge in [0.25, 0.3) is 0 Å². The number of nitrogens with zero attached hydrogens (tertiary/aromatic N) is 3. The second-order valence-electron chi connectivity index (χ2n) is 5.94. The van der Waals surface area contributed by atoms with E-state index in [2.05, 4.69) is 20.3 Å². The lowest BCUT2D eigenvalue weighted by molar-refractivity contribution is 0.631. The van der Waals surface area contributed by atoms with Crippen molar-refractivity contribution in [2.24, 2.45) is 0 Å². The predicted octanol–water partition coefficient (Wildman–Crippen LogP) is 4.49. The molecule has 0 bridgehead atoms. The van der Waals surface area contributed by atoms with E-state index in [1.807, 2.05) is 42.5 Å². The fourth-order valence-corrected chi connectivity index (χ4v) is 2.83. The maximum Gasteiger partial charge on any atom is 0.223 e. The fraction of sp³-hybridized carbons (Fsp3) is 0.0952. The molecule has 0 atom stereocenters. The fourth-order valence-electron chi connectivity index (χ4n) is 2.83. The van der Waals surface area contributed by atoms with Gasteiger partial charge in [-0.2, -0.15) is 0 Å². The standard InChI is InChI=1S/C21H17FN4/c22-19-7-2-1-6-18(19)15-8-9-20-16(13-15)14-25-21(26-20)24-12-10-17-5-3-4-11-23-17/h1-9,11,13-14H,10,12H2,(H,24,25,26). The summed E-state index contributed by atoms with van der Waals surface area (Å²) < 4.78 is 14.0. The van der Waals surface area contributed by atoms with Crippen LogP contribution in [0.3, 0.4) is 0 Å². The minimum Gasteiger partial charge on any atom is -0.354 e. The highest BCUT2D eigenvalue weighted by molar-refractivity contribution is 5.84. The average molecular weight is 344 g/mol. The van der Waals surface area contributed by atoms with E-state index in [-0.39, 0.29) is 5.82 Å². The first-order valence-corrected chi connectivity index (χ1v) is 8.45. The molecule has 2 aromatic heterocycles. The number of fused-ring (bicyclic) bond motifs is 1. The molecule has 26 heavy (non-hydrogen) atoms. The van der Waals surface area contributed by atoms with Gasteiger partial charge in [0.2, 0.25) is 5.95 Å². The van der Waals surface area contributed by atoms with E-state index in [1.165, 1.54) is 6.07 Å².